The zero-order valence-corrected chi connectivity index (χ0v) is 13.8. The molecule has 100 valence electrons. The van der Waals surface area contributed by atoms with Gasteiger partial charge in [-0.3, -0.25) is 0 Å². The number of hydrogen-bond donors (Lipinski definition) is 0. The summed E-state index contributed by atoms with van der Waals surface area (Å²) in [6.45, 7) is 2.21. The largest absolute Gasteiger partial charge is 0.356 e. The molecule has 0 radical (unpaired) electrons. The minimum Gasteiger partial charge on any atom is -0.356 e. The van der Waals surface area contributed by atoms with E-state index in [0.29, 0.717) is 0 Å². The van der Waals surface area contributed by atoms with Gasteiger partial charge in [0.25, 0.3) is 0 Å². The van der Waals surface area contributed by atoms with Gasteiger partial charge >= 0.3 is 0 Å². The molecule has 1 fully saturated rings. The second-order valence-corrected chi connectivity index (χ2v) is 6.58. The number of hydrogen-bond acceptors (Lipinski definition) is 2. The van der Waals surface area contributed by atoms with Crippen molar-refractivity contribution in [1.29, 1.82) is 0 Å². The minimum atomic E-state index is 0.734. The summed E-state index contributed by atoms with van der Waals surface area (Å²) >= 11 is 7.24. The highest BCUT2D eigenvalue weighted by Gasteiger charge is 2.21. The molecule has 0 aliphatic carbocycles. The molecule has 0 saturated carbocycles. The van der Waals surface area contributed by atoms with Gasteiger partial charge in [0.2, 0.25) is 0 Å². The van der Waals surface area contributed by atoms with Gasteiger partial charge in [-0.25, -0.2) is 4.98 Å². The molecule has 4 heteroatoms. The van der Waals surface area contributed by atoms with E-state index >= 15 is 0 Å². The summed E-state index contributed by atoms with van der Waals surface area (Å²) in [6.07, 6.45) is 4.48. The fourth-order valence-corrected chi connectivity index (χ4v) is 3.82. The number of fused-ring (bicyclic) bond motifs is 1. The number of pyridine rings is 1. The molecule has 2 heterocycles. The zero-order valence-electron chi connectivity index (χ0n) is 10.6. The van der Waals surface area contributed by atoms with Gasteiger partial charge in [0.15, 0.2) is 0 Å². The lowest BCUT2D eigenvalue weighted by Gasteiger charge is -2.33. The van der Waals surface area contributed by atoms with Crippen LogP contribution >= 0.6 is 31.9 Å². The lowest BCUT2D eigenvalue weighted by atomic mass is 9.99. The number of nitrogens with zero attached hydrogens (tertiary/aromatic N) is 2. The van der Waals surface area contributed by atoms with Gasteiger partial charge in [0, 0.05) is 39.9 Å². The van der Waals surface area contributed by atoms with Crippen LogP contribution in [0.15, 0.2) is 34.9 Å². The Morgan fingerprint density at radius 3 is 3.00 bits per heavy atom. The molecule has 1 aliphatic heterocycles. The van der Waals surface area contributed by atoms with Gasteiger partial charge in [-0.2, -0.15) is 0 Å². The summed E-state index contributed by atoms with van der Waals surface area (Å²) in [7, 11) is 0. The predicted molar refractivity (Wildman–Crippen MR) is 88.2 cm³/mol. The highest BCUT2D eigenvalue weighted by atomic mass is 79.9. The fraction of sp³-hybridized carbons (Fsp3) is 0.400. The van der Waals surface area contributed by atoms with E-state index in [9.17, 15) is 0 Å². The van der Waals surface area contributed by atoms with Crippen LogP contribution in [0.2, 0.25) is 0 Å². The van der Waals surface area contributed by atoms with Crippen molar-refractivity contribution in [1.82, 2.24) is 4.98 Å². The molecule has 1 atom stereocenters. The summed E-state index contributed by atoms with van der Waals surface area (Å²) in [5, 5.41) is 3.57. The van der Waals surface area contributed by atoms with Crippen LogP contribution in [0.1, 0.15) is 12.8 Å². The average molecular weight is 384 g/mol. The van der Waals surface area contributed by atoms with E-state index in [0.717, 1.165) is 34.6 Å². The number of piperidine rings is 1. The monoisotopic (exact) mass is 382 g/mol. The third-order valence-electron chi connectivity index (χ3n) is 3.77. The van der Waals surface area contributed by atoms with E-state index in [-0.39, 0.29) is 0 Å². The molecule has 19 heavy (non-hydrogen) atoms. The van der Waals surface area contributed by atoms with Gasteiger partial charge in [-0.1, -0.05) is 44.0 Å². The average Bonchev–Trinajstić information content (AvgIpc) is 2.47. The van der Waals surface area contributed by atoms with Crippen molar-refractivity contribution in [3.8, 4) is 0 Å². The third-order valence-corrected chi connectivity index (χ3v) is 5.38. The maximum Gasteiger partial charge on any atom is 0.136 e. The number of benzene rings is 1. The van der Waals surface area contributed by atoms with Gasteiger partial charge in [0.05, 0.1) is 0 Å². The van der Waals surface area contributed by atoms with Crippen molar-refractivity contribution in [2.24, 2.45) is 5.92 Å². The summed E-state index contributed by atoms with van der Waals surface area (Å²) in [5.41, 5.74) is 0. The van der Waals surface area contributed by atoms with Gasteiger partial charge in [0.1, 0.15) is 5.82 Å². The Bertz CT molecular complexity index is 585. The van der Waals surface area contributed by atoms with Crippen molar-refractivity contribution in [2.45, 2.75) is 12.8 Å². The SMILES string of the molecule is BrCC1CCCN(c2nccc3c(Br)cccc23)C1. The number of alkyl halides is 1. The van der Waals surface area contributed by atoms with Crippen LogP contribution in [0.3, 0.4) is 0 Å². The first kappa shape index (κ1) is 13.4. The lowest BCUT2D eigenvalue weighted by molar-refractivity contribution is 0.453. The Hall–Kier alpha value is -0.610. The summed E-state index contributed by atoms with van der Waals surface area (Å²) < 4.78 is 1.14. The van der Waals surface area contributed by atoms with E-state index in [1.807, 2.05) is 6.20 Å². The molecule has 1 saturated heterocycles. The smallest absolute Gasteiger partial charge is 0.136 e. The maximum atomic E-state index is 4.63. The fourth-order valence-electron chi connectivity index (χ4n) is 2.79. The minimum absolute atomic E-state index is 0.734. The standard InChI is InChI=1S/C15H16Br2N2/c16-9-11-3-2-8-19(10-11)15-13-4-1-5-14(17)12(13)6-7-18-15/h1,4-7,11H,2-3,8-10H2. The van der Waals surface area contributed by atoms with Gasteiger partial charge < -0.3 is 4.90 Å². The first-order chi connectivity index (χ1) is 9.29. The van der Waals surface area contributed by atoms with E-state index in [2.05, 4.69) is 66.0 Å². The molecule has 0 N–H and O–H groups in total. The molecule has 3 rings (SSSR count). The highest BCUT2D eigenvalue weighted by molar-refractivity contribution is 9.10. The molecule has 1 aliphatic rings. The van der Waals surface area contributed by atoms with Crippen molar-refractivity contribution in [2.75, 3.05) is 23.3 Å². The van der Waals surface area contributed by atoms with E-state index in [1.165, 1.54) is 23.6 Å². The Morgan fingerprint density at radius 2 is 2.16 bits per heavy atom. The second kappa shape index (κ2) is 5.80. The van der Waals surface area contributed by atoms with Crippen molar-refractivity contribution >= 4 is 48.5 Å². The maximum absolute atomic E-state index is 4.63. The van der Waals surface area contributed by atoms with Crippen LogP contribution in [0.4, 0.5) is 5.82 Å². The molecule has 0 spiro atoms. The number of aromatic nitrogens is 1. The second-order valence-electron chi connectivity index (χ2n) is 5.08. The molecule has 2 aromatic rings. The Morgan fingerprint density at radius 1 is 1.26 bits per heavy atom. The first-order valence-electron chi connectivity index (χ1n) is 6.63. The van der Waals surface area contributed by atoms with Gasteiger partial charge in [-0.15, -0.1) is 0 Å². The van der Waals surface area contributed by atoms with E-state index in [4.69, 9.17) is 0 Å². The van der Waals surface area contributed by atoms with Crippen molar-refractivity contribution < 1.29 is 0 Å². The molecule has 1 unspecified atom stereocenters. The van der Waals surface area contributed by atoms with Crippen molar-refractivity contribution in [3.63, 3.8) is 0 Å². The van der Waals surface area contributed by atoms with Crippen LogP contribution in [-0.4, -0.2) is 23.4 Å². The van der Waals surface area contributed by atoms with Crippen LogP contribution < -0.4 is 4.90 Å². The normalized spacial score (nSPS) is 19.9. The van der Waals surface area contributed by atoms with Crippen LogP contribution in [0, 0.1) is 5.92 Å². The summed E-state index contributed by atoms with van der Waals surface area (Å²) in [5.74, 6) is 1.86. The Kier molecular flexibility index (Phi) is 4.08. The van der Waals surface area contributed by atoms with Crippen LogP contribution in [0.5, 0.6) is 0 Å². The predicted octanol–water partition coefficient (Wildman–Crippen LogP) is 4.61. The lowest BCUT2D eigenvalue weighted by Crippen LogP contribution is -2.36. The van der Waals surface area contributed by atoms with Gasteiger partial charge in [-0.05, 0) is 30.9 Å². The first-order valence-corrected chi connectivity index (χ1v) is 8.55. The molecule has 1 aromatic heterocycles. The number of anilines is 1. The topological polar surface area (TPSA) is 16.1 Å². The van der Waals surface area contributed by atoms with Crippen LogP contribution in [-0.2, 0) is 0 Å². The quantitative estimate of drug-likeness (QED) is 0.704. The molecule has 1 aromatic carbocycles. The molecular formula is C15H16Br2N2. The highest BCUT2D eigenvalue weighted by Crippen LogP contribution is 2.32. The number of rotatable bonds is 2. The van der Waals surface area contributed by atoms with E-state index in [1.54, 1.807) is 0 Å². The molecule has 0 bridgehead atoms. The summed E-state index contributed by atoms with van der Waals surface area (Å²) in [6, 6.07) is 8.42. The molecule has 0 amide bonds. The Labute approximate surface area is 130 Å². The summed E-state index contributed by atoms with van der Waals surface area (Å²) in [4.78, 5) is 7.06. The number of halogens is 2. The molecule has 2 nitrogen and oxygen atoms in total. The Balaban J connectivity index is 2.03. The third kappa shape index (κ3) is 2.65. The molecular weight excluding hydrogens is 368 g/mol. The van der Waals surface area contributed by atoms with Crippen LogP contribution in [0.25, 0.3) is 10.8 Å². The van der Waals surface area contributed by atoms with Crippen molar-refractivity contribution in [3.05, 3.63) is 34.9 Å². The van der Waals surface area contributed by atoms with E-state index < -0.39 is 0 Å². The zero-order chi connectivity index (χ0) is 13.2.